The Morgan fingerprint density at radius 2 is 2.08 bits per heavy atom. The molecule has 1 atom stereocenters. The minimum absolute atomic E-state index is 0.0592. The molecule has 0 amide bonds. The van der Waals surface area contributed by atoms with Gasteiger partial charge >= 0.3 is 0 Å². The van der Waals surface area contributed by atoms with Gasteiger partial charge in [-0.1, -0.05) is 44.8 Å². The van der Waals surface area contributed by atoms with E-state index in [0.29, 0.717) is 0 Å². The fourth-order valence-corrected chi connectivity index (χ4v) is 1.61. The molecular formula is C12H23O. The predicted octanol–water partition coefficient (Wildman–Crippen LogP) is 3.97. The Bertz CT molecular complexity index is 138. The van der Waals surface area contributed by atoms with Gasteiger partial charge in [-0.05, 0) is 25.7 Å². The van der Waals surface area contributed by atoms with E-state index in [-0.39, 0.29) is 6.61 Å². The molecule has 0 bridgehead atoms. The molecule has 0 heterocycles. The van der Waals surface area contributed by atoms with E-state index < -0.39 is 0 Å². The first-order valence-corrected chi connectivity index (χ1v) is 5.44. The maximum Gasteiger partial charge on any atom is 0.101 e. The van der Waals surface area contributed by atoms with Crippen molar-refractivity contribution in [2.45, 2.75) is 52.9 Å². The first-order chi connectivity index (χ1) is 6.20. The van der Waals surface area contributed by atoms with Crippen LogP contribution in [0.5, 0.6) is 0 Å². The Morgan fingerprint density at radius 1 is 1.38 bits per heavy atom. The molecule has 0 rings (SSSR count). The molecule has 0 saturated carbocycles. The summed E-state index contributed by atoms with van der Waals surface area (Å²) in [5.41, 5.74) is 1.26. The quantitative estimate of drug-likeness (QED) is 0.532. The van der Waals surface area contributed by atoms with Crippen molar-refractivity contribution in [3.8, 4) is 0 Å². The van der Waals surface area contributed by atoms with Crippen LogP contribution in [0.4, 0.5) is 0 Å². The molecule has 1 unspecified atom stereocenters. The maximum absolute atomic E-state index is 10.3. The van der Waals surface area contributed by atoms with Crippen molar-refractivity contribution in [3.05, 3.63) is 11.6 Å². The summed E-state index contributed by atoms with van der Waals surface area (Å²) < 4.78 is 0. The van der Waals surface area contributed by atoms with Crippen molar-refractivity contribution < 1.29 is 5.11 Å². The van der Waals surface area contributed by atoms with Crippen LogP contribution < -0.4 is 0 Å². The number of rotatable bonds is 7. The van der Waals surface area contributed by atoms with Crippen molar-refractivity contribution in [2.24, 2.45) is 5.92 Å². The Kier molecular flexibility index (Phi) is 8.11. The van der Waals surface area contributed by atoms with Gasteiger partial charge in [0.15, 0.2) is 0 Å². The van der Waals surface area contributed by atoms with Gasteiger partial charge in [0, 0.05) is 0 Å². The molecule has 77 valence electrons. The summed E-state index contributed by atoms with van der Waals surface area (Å²) in [4.78, 5) is 0. The smallest absolute Gasteiger partial charge is 0.101 e. The maximum atomic E-state index is 10.3. The summed E-state index contributed by atoms with van der Waals surface area (Å²) in [5.74, 6) is 0.852. The molecule has 0 fully saturated rings. The van der Waals surface area contributed by atoms with Gasteiger partial charge < -0.3 is 0 Å². The molecule has 0 aromatic rings. The standard InChI is InChI=1S/C12H23O/c1-4-6-11(2)7-5-8-12(3)9-10-13/h9,11H,4-8,10H2,1-3H3. The third-order valence-electron chi connectivity index (χ3n) is 2.48. The molecule has 13 heavy (non-hydrogen) atoms. The Morgan fingerprint density at radius 3 is 2.62 bits per heavy atom. The highest BCUT2D eigenvalue weighted by Crippen LogP contribution is 2.15. The zero-order chi connectivity index (χ0) is 10.1. The SMILES string of the molecule is CCCC(C)CCCC(C)=CC[O]. The van der Waals surface area contributed by atoms with Crippen LogP contribution in [0.25, 0.3) is 0 Å². The Hall–Kier alpha value is -0.300. The molecule has 0 aliphatic carbocycles. The number of allylic oxidation sites excluding steroid dienone is 1. The minimum atomic E-state index is -0.0592. The summed E-state index contributed by atoms with van der Waals surface area (Å²) in [6.45, 7) is 6.55. The largest absolute Gasteiger partial charge is 0.232 e. The highest BCUT2D eigenvalue weighted by atomic mass is 16.2. The van der Waals surface area contributed by atoms with E-state index in [1.54, 1.807) is 6.08 Å². The zero-order valence-corrected chi connectivity index (χ0v) is 9.31. The van der Waals surface area contributed by atoms with Crippen LogP contribution in [0.3, 0.4) is 0 Å². The van der Waals surface area contributed by atoms with Crippen molar-refractivity contribution in [1.82, 2.24) is 0 Å². The molecule has 0 aliphatic rings. The average molecular weight is 183 g/mol. The minimum Gasteiger partial charge on any atom is -0.232 e. The summed E-state index contributed by atoms with van der Waals surface area (Å²) in [7, 11) is 0. The van der Waals surface area contributed by atoms with Crippen molar-refractivity contribution >= 4 is 0 Å². The summed E-state index contributed by atoms with van der Waals surface area (Å²) in [6, 6.07) is 0. The third-order valence-corrected chi connectivity index (χ3v) is 2.48. The van der Waals surface area contributed by atoms with E-state index >= 15 is 0 Å². The molecule has 0 aromatic heterocycles. The average Bonchev–Trinajstić information content (AvgIpc) is 2.05. The van der Waals surface area contributed by atoms with Gasteiger partial charge in [-0.2, -0.15) is 0 Å². The van der Waals surface area contributed by atoms with E-state index in [1.165, 1.54) is 31.3 Å². The second-order valence-electron chi connectivity index (χ2n) is 4.00. The van der Waals surface area contributed by atoms with E-state index in [9.17, 15) is 5.11 Å². The van der Waals surface area contributed by atoms with E-state index in [0.717, 1.165) is 12.3 Å². The van der Waals surface area contributed by atoms with E-state index in [4.69, 9.17) is 0 Å². The summed E-state index contributed by atoms with van der Waals surface area (Å²) in [5, 5.41) is 10.3. The highest BCUT2D eigenvalue weighted by Gasteiger charge is 2.00. The van der Waals surface area contributed by atoms with Crippen LogP contribution in [0.15, 0.2) is 11.6 Å². The number of hydrogen-bond donors (Lipinski definition) is 0. The molecule has 1 nitrogen and oxygen atoms in total. The van der Waals surface area contributed by atoms with Crippen LogP contribution in [0.1, 0.15) is 52.9 Å². The fourth-order valence-electron chi connectivity index (χ4n) is 1.61. The second-order valence-corrected chi connectivity index (χ2v) is 4.00. The normalized spacial score (nSPS) is 14.6. The van der Waals surface area contributed by atoms with E-state index in [2.05, 4.69) is 20.8 Å². The lowest BCUT2D eigenvalue weighted by Crippen LogP contribution is -1.94. The molecule has 0 saturated heterocycles. The molecule has 1 radical (unpaired) electrons. The highest BCUT2D eigenvalue weighted by molar-refractivity contribution is 4.97. The lowest BCUT2D eigenvalue weighted by Gasteiger charge is -2.09. The zero-order valence-electron chi connectivity index (χ0n) is 9.31. The molecule has 0 N–H and O–H groups in total. The van der Waals surface area contributed by atoms with Gasteiger partial charge in [0.1, 0.15) is 6.61 Å². The van der Waals surface area contributed by atoms with Gasteiger partial charge in [0.2, 0.25) is 0 Å². The monoisotopic (exact) mass is 183 g/mol. The molecule has 0 aliphatic heterocycles. The Labute approximate surface area is 82.9 Å². The van der Waals surface area contributed by atoms with Gasteiger partial charge in [-0.15, -0.1) is 0 Å². The van der Waals surface area contributed by atoms with Gasteiger partial charge in [-0.3, -0.25) is 0 Å². The van der Waals surface area contributed by atoms with Crippen LogP contribution in [0, 0.1) is 5.92 Å². The van der Waals surface area contributed by atoms with Gasteiger partial charge in [-0.25, -0.2) is 5.11 Å². The molecule has 0 spiro atoms. The molecule has 0 aromatic carbocycles. The summed E-state index contributed by atoms with van der Waals surface area (Å²) in [6.07, 6.45) is 8.07. The van der Waals surface area contributed by atoms with Crippen LogP contribution >= 0.6 is 0 Å². The van der Waals surface area contributed by atoms with Crippen LogP contribution in [0.2, 0.25) is 0 Å². The lowest BCUT2D eigenvalue weighted by molar-refractivity contribution is 0.231. The molecule has 1 heteroatoms. The third kappa shape index (κ3) is 8.04. The van der Waals surface area contributed by atoms with Gasteiger partial charge in [0.25, 0.3) is 0 Å². The first-order valence-electron chi connectivity index (χ1n) is 5.44. The van der Waals surface area contributed by atoms with Crippen LogP contribution in [-0.4, -0.2) is 6.61 Å². The van der Waals surface area contributed by atoms with Crippen molar-refractivity contribution in [3.63, 3.8) is 0 Å². The van der Waals surface area contributed by atoms with Crippen LogP contribution in [-0.2, 0) is 5.11 Å². The predicted molar refractivity (Wildman–Crippen MR) is 57.2 cm³/mol. The van der Waals surface area contributed by atoms with Crippen molar-refractivity contribution in [1.29, 1.82) is 0 Å². The fraction of sp³-hybridized carbons (Fsp3) is 0.833. The molecular weight excluding hydrogens is 160 g/mol. The van der Waals surface area contributed by atoms with E-state index in [1.807, 2.05) is 0 Å². The van der Waals surface area contributed by atoms with Gasteiger partial charge in [0.05, 0.1) is 0 Å². The summed E-state index contributed by atoms with van der Waals surface area (Å²) >= 11 is 0. The van der Waals surface area contributed by atoms with Crippen molar-refractivity contribution in [2.75, 3.05) is 6.61 Å². The second kappa shape index (κ2) is 8.31. The lowest BCUT2D eigenvalue weighted by atomic mass is 9.98. The number of hydrogen-bond acceptors (Lipinski definition) is 0. The Balaban J connectivity index is 3.38. The topological polar surface area (TPSA) is 19.9 Å². The first kappa shape index (κ1) is 12.7.